The monoisotopic (exact) mass is 426 g/mol. The van der Waals surface area contributed by atoms with Gasteiger partial charge in [-0.2, -0.15) is 5.26 Å². The largest absolute Gasteiger partial charge is 0.494 e. The second-order valence-electron chi connectivity index (χ2n) is 6.37. The minimum atomic E-state index is -0.557. The highest BCUT2D eigenvalue weighted by Gasteiger charge is 2.36. The van der Waals surface area contributed by atoms with Gasteiger partial charge in [-0.05, 0) is 36.8 Å². The predicted molar refractivity (Wildman–Crippen MR) is 111 cm³/mol. The van der Waals surface area contributed by atoms with Crippen LogP contribution in [0.2, 0.25) is 10.0 Å². The van der Waals surface area contributed by atoms with E-state index >= 15 is 0 Å². The summed E-state index contributed by atoms with van der Waals surface area (Å²) in [5.74, 6) is 0.464. The second kappa shape index (κ2) is 7.70. The fourth-order valence-corrected chi connectivity index (χ4v) is 3.94. The van der Waals surface area contributed by atoms with Crippen molar-refractivity contribution < 1.29 is 9.47 Å². The van der Waals surface area contributed by atoms with Gasteiger partial charge in [-0.3, -0.25) is 5.10 Å². The molecule has 2 heterocycles. The fourth-order valence-electron chi connectivity index (χ4n) is 3.42. The quantitative estimate of drug-likeness (QED) is 0.611. The highest BCUT2D eigenvalue weighted by Crippen LogP contribution is 2.47. The highest BCUT2D eigenvalue weighted by molar-refractivity contribution is 6.35. The molecule has 0 aliphatic carbocycles. The summed E-state index contributed by atoms with van der Waals surface area (Å²) in [5, 5.41) is 18.0. The van der Waals surface area contributed by atoms with Gasteiger partial charge < -0.3 is 15.2 Å². The lowest BCUT2D eigenvalue weighted by Gasteiger charge is -2.25. The number of nitrogens with two attached hydrogens (primary N) is 1. The van der Waals surface area contributed by atoms with Crippen molar-refractivity contribution in [2.75, 3.05) is 6.61 Å². The molecule has 0 saturated heterocycles. The molecule has 1 atom stereocenters. The van der Waals surface area contributed by atoms with Crippen molar-refractivity contribution in [3.05, 3.63) is 75.1 Å². The van der Waals surface area contributed by atoms with Gasteiger partial charge in [0.1, 0.15) is 17.4 Å². The molecule has 1 aliphatic rings. The van der Waals surface area contributed by atoms with Crippen LogP contribution in [0.15, 0.2) is 53.9 Å². The molecular formula is C21H16Cl2N4O2. The summed E-state index contributed by atoms with van der Waals surface area (Å²) in [5.41, 5.74) is 9.16. The number of benzene rings is 2. The van der Waals surface area contributed by atoms with Gasteiger partial charge in [-0.15, -0.1) is 5.10 Å². The zero-order valence-electron chi connectivity index (χ0n) is 15.4. The Balaban J connectivity index is 1.93. The van der Waals surface area contributed by atoms with Crippen molar-refractivity contribution in [3.8, 4) is 29.0 Å². The van der Waals surface area contributed by atoms with Crippen molar-refractivity contribution in [2.45, 2.75) is 12.8 Å². The van der Waals surface area contributed by atoms with Gasteiger partial charge in [-0.1, -0.05) is 41.4 Å². The first-order chi connectivity index (χ1) is 14.0. The Morgan fingerprint density at radius 3 is 2.83 bits per heavy atom. The summed E-state index contributed by atoms with van der Waals surface area (Å²) < 4.78 is 11.2. The maximum absolute atomic E-state index is 9.79. The fraction of sp³-hybridized carbons (Fsp3) is 0.143. The Bertz CT molecular complexity index is 1160. The molecule has 2 aromatic carbocycles. The van der Waals surface area contributed by atoms with Gasteiger partial charge in [0.25, 0.3) is 0 Å². The summed E-state index contributed by atoms with van der Waals surface area (Å²) in [6.07, 6.45) is 0. The molecule has 4 rings (SSSR count). The molecule has 1 aromatic heterocycles. The van der Waals surface area contributed by atoms with Crippen molar-refractivity contribution in [2.24, 2.45) is 5.73 Å². The topological polar surface area (TPSA) is 97.0 Å². The lowest BCUT2D eigenvalue weighted by molar-refractivity contribution is 0.340. The number of aromatic nitrogens is 2. The van der Waals surface area contributed by atoms with Crippen LogP contribution in [0.25, 0.3) is 11.3 Å². The molecule has 0 fully saturated rings. The number of rotatable bonds is 4. The molecule has 29 heavy (non-hydrogen) atoms. The normalized spacial score (nSPS) is 15.4. The molecule has 0 saturated carbocycles. The summed E-state index contributed by atoms with van der Waals surface area (Å²) >= 11 is 12.5. The van der Waals surface area contributed by atoms with Crippen LogP contribution in [0.4, 0.5) is 0 Å². The number of ether oxygens (including phenoxy) is 2. The lowest BCUT2D eigenvalue weighted by Crippen LogP contribution is -2.21. The third-order valence-electron chi connectivity index (χ3n) is 4.65. The third-order valence-corrected chi connectivity index (χ3v) is 5.21. The Labute approximate surface area is 177 Å². The van der Waals surface area contributed by atoms with Gasteiger partial charge in [0.2, 0.25) is 11.8 Å². The van der Waals surface area contributed by atoms with Crippen molar-refractivity contribution >= 4 is 23.2 Å². The molecule has 6 nitrogen and oxygen atoms in total. The molecule has 0 amide bonds. The minimum absolute atomic E-state index is 0.00265. The van der Waals surface area contributed by atoms with Crippen LogP contribution >= 0.6 is 23.2 Å². The van der Waals surface area contributed by atoms with E-state index in [9.17, 15) is 5.26 Å². The number of aromatic amines is 1. The molecule has 1 aliphatic heterocycles. The number of nitrogens with zero attached hydrogens (tertiary/aromatic N) is 2. The highest BCUT2D eigenvalue weighted by atomic mass is 35.5. The zero-order chi connectivity index (χ0) is 20.5. The van der Waals surface area contributed by atoms with Crippen LogP contribution in [0.5, 0.6) is 11.6 Å². The molecule has 0 bridgehead atoms. The summed E-state index contributed by atoms with van der Waals surface area (Å²) in [7, 11) is 0. The molecular weight excluding hydrogens is 411 g/mol. The standard InChI is InChI=1S/C21H16Cl2N4O2/c1-2-28-13-5-3-4-11(8-13)19-18-17(14-7-6-12(22)9-16(14)23)15(10-24)20(25)29-21(18)27-26-19/h3-9,17H,2,25H2,1H3,(H,26,27). The van der Waals surface area contributed by atoms with Crippen molar-refractivity contribution in [3.63, 3.8) is 0 Å². The van der Waals surface area contributed by atoms with E-state index in [0.29, 0.717) is 39.4 Å². The van der Waals surface area contributed by atoms with Crippen LogP contribution in [0.1, 0.15) is 24.0 Å². The van der Waals surface area contributed by atoms with Crippen LogP contribution in [-0.4, -0.2) is 16.8 Å². The Morgan fingerprint density at radius 2 is 2.10 bits per heavy atom. The number of nitrogens with one attached hydrogen (secondary N) is 1. The number of halogens is 2. The van der Waals surface area contributed by atoms with E-state index in [2.05, 4.69) is 16.3 Å². The van der Waals surface area contributed by atoms with E-state index in [4.69, 9.17) is 38.4 Å². The van der Waals surface area contributed by atoms with Gasteiger partial charge in [0.05, 0.1) is 23.8 Å². The van der Waals surface area contributed by atoms with Crippen LogP contribution in [-0.2, 0) is 0 Å². The molecule has 0 spiro atoms. The van der Waals surface area contributed by atoms with Crippen LogP contribution in [0, 0.1) is 11.3 Å². The molecule has 3 aromatic rings. The van der Waals surface area contributed by atoms with E-state index in [-0.39, 0.29) is 11.5 Å². The molecule has 8 heteroatoms. The second-order valence-corrected chi connectivity index (χ2v) is 7.21. The number of nitriles is 1. The van der Waals surface area contributed by atoms with Crippen molar-refractivity contribution in [1.82, 2.24) is 10.2 Å². The smallest absolute Gasteiger partial charge is 0.244 e. The van der Waals surface area contributed by atoms with Crippen molar-refractivity contribution in [1.29, 1.82) is 5.26 Å². The molecule has 0 radical (unpaired) electrons. The van der Waals surface area contributed by atoms with Gasteiger partial charge >= 0.3 is 0 Å². The zero-order valence-corrected chi connectivity index (χ0v) is 16.9. The van der Waals surface area contributed by atoms with Crippen LogP contribution < -0.4 is 15.2 Å². The first kappa shape index (κ1) is 19.2. The Hall–Kier alpha value is -3.14. The van der Waals surface area contributed by atoms with E-state index in [1.807, 2.05) is 31.2 Å². The van der Waals surface area contributed by atoms with E-state index < -0.39 is 5.92 Å². The summed E-state index contributed by atoms with van der Waals surface area (Å²) in [6.45, 7) is 2.47. The maximum atomic E-state index is 9.79. The van der Waals surface area contributed by atoms with E-state index in [1.165, 1.54) is 0 Å². The van der Waals surface area contributed by atoms with Gasteiger partial charge in [-0.25, -0.2) is 0 Å². The minimum Gasteiger partial charge on any atom is -0.494 e. The number of hydrogen-bond donors (Lipinski definition) is 2. The third kappa shape index (κ3) is 3.39. The van der Waals surface area contributed by atoms with Crippen LogP contribution in [0.3, 0.4) is 0 Å². The predicted octanol–water partition coefficient (Wildman–Crippen LogP) is 5.00. The molecule has 1 unspecified atom stereocenters. The average molecular weight is 427 g/mol. The first-order valence-electron chi connectivity index (χ1n) is 8.87. The lowest BCUT2D eigenvalue weighted by atomic mass is 9.83. The Kier molecular flexibility index (Phi) is 5.10. The molecule has 146 valence electrons. The van der Waals surface area contributed by atoms with Gasteiger partial charge in [0.15, 0.2) is 0 Å². The van der Waals surface area contributed by atoms with Gasteiger partial charge in [0, 0.05) is 15.6 Å². The molecule has 3 N–H and O–H groups in total. The number of fused-ring (bicyclic) bond motifs is 1. The maximum Gasteiger partial charge on any atom is 0.244 e. The number of H-pyrrole nitrogens is 1. The van der Waals surface area contributed by atoms with E-state index in [0.717, 1.165) is 11.3 Å². The van der Waals surface area contributed by atoms with E-state index in [1.54, 1.807) is 18.2 Å². The first-order valence-corrected chi connectivity index (χ1v) is 9.63. The number of allylic oxidation sites excluding steroid dienone is 1. The SMILES string of the molecule is CCOc1cccc(-c2[nH]nc3c2C(c2ccc(Cl)cc2Cl)C(C#N)=C(N)O3)c1. The number of hydrogen-bond acceptors (Lipinski definition) is 5. The summed E-state index contributed by atoms with van der Waals surface area (Å²) in [4.78, 5) is 0. The Morgan fingerprint density at radius 1 is 1.28 bits per heavy atom. The average Bonchev–Trinajstić information content (AvgIpc) is 3.11. The summed E-state index contributed by atoms with van der Waals surface area (Å²) in [6, 6.07) is 14.9.